The van der Waals surface area contributed by atoms with Gasteiger partial charge in [0.15, 0.2) is 0 Å². The van der Waals surface area contributed by atoms with Crippen molar-refractivity contribution in [3.05, 3.63) is 12.2 Å². The highest BCUT2D eigenvalue weighted by molar-refractivity contribution is 4.92. The summed E-state index contributed by atoms with van der Waals surface area (Å²) in [5.41, 5.74) is 5.50. The van der Waals surface area contributed by atoms with Gasteiger partial charge in [0.1, 0.15) is 12.2 Å². The zero-order valence-corrected chi connectivity index (χ0v) is 7.91. The van der Waals surface area contributed by atoms with Crippen LogP contribution in [0.4, 0.5) is 0 Å². The van der Waals surface area contributed by atoms with Crippen molar-refractivity contribution in [3.8, 4) is 0 Å². The Bertz CT molecular complexity index is 246. The monoisotopic (exact) mass is 168 g/mol. The normalized spacial score (nSPS) is 12.0. The van der Waals surface area contributed by atoms with Crippen molar-refractivity contribution >= 4 is 0 Å². The zero-order valence-electron chi connectivity index (χ0n) is 7.91. The van der Waals surface area contributed by atoms with Crippen LogP contribution in [0, 0.1) is 0 Å². The lowest BCUT2D eigenvalue weighted by molar-refractivity contribution is 0.382. The molecular formula is C8H16N4. The van der Waals surface area contributed by atoms with Gasteiger partial charge in [-0.15, -0.1) is 10.2 Å². The SMILES string of the molecule is CC(C)(C)n1cnnc1CCN. The number of aromatic nitrogens is 3. The van der Waals surface area contributed by atoms with Gasteiger partial charge in [-0.2, -0.15) is 0 Å². The topological polar surface area (TPSA) is 56.7 Å². The maximum atomic E-state index is 5.45. The molecule has 0 radical (unpaired) electrons. The van der Waals surface area contributed by atoms with Crippen LogP contribution in [-0.4, -0.2) is 21.3 Å². The van der Waals surface area contributed by atoms with E-state index in [0.29, 0.717) is 6.54 Å². The highest BCUT2D eigenvalue weighted by atomic mass is 15.3. The minimum Gasteiger partial charge on any atom is -0.330 e. The van der Waals surface area contributed by atoms with E-state index in [-0.39, 0.29) is 5.54 Å². The van der Waals surface area contributed by atoms with Gasteiger partial charge in [-0.05, 0) is 27.3 Å². The van der Waals surface area contributed by atoms with Crippen LogP contribution in [0.25, 0.3) is 0 Å². The minimum absolute atomic E-state index is 0.0496. The number of rotatable bonds is 2. The van der Waals surface area contributed by atoms with E-state index in [1.165, 1.54) is 0 Å². The van der Waals surface area contributed by atoms with Gasteiger partial charge in [0, 0.05) is 12.0 Å². The summed E-state index contributed by atoms with van der Waals surface area (Å²) in [4.78, 5) is 0. The molecule has 1 heterocycles. The third-order valence-corrected chi connectivity index (χ3v) is 1.71. The van der Waals surface area contributed by atoms with Crippen LogP contribution < -0.4 is 5.73 Å². The third kappa shape index (κ3) is 1.82. The Morgan fingerprint density at radius 1 is 1.50 bits per heavy atom. The molecule has 0 saturated heterocycles. The van der Waals surface area contributed by atoms with Gasteiger partial charge in [-0.3, -0.25) is 0 Å². The molecule has 12 heavy (non-hydrogen) atoms. The molecule has 1 rings (SSSR count). The zero-order chi connectivity index (χ0) is 9.19. The van der Waals surface area contributed by atoms with Gasteiger partial charge >= 0.3 is 0 Å². The van der Waals surface area contributed by atoms with Crippen molar-refractivity contribution < 1.29 is 0 Å². The summed E-state index contributed by atoms with van der Waals surface area (Å²) in [5, 5.41) is 7.87. The highest BCUT2D eigenvalue weighted by Gasteiger charge is 2.16. The maximum Gasteiger partial charge on any atom is 0.134 e. The van der Waals surface area contributed by atoms with Gasteiger partial charge in [-0.1, -0.05) is 0 Å². The fourth-order valence-corrected chi connectivity index (χ4v) is 1.12. The molecule has 0 unspecified atom stereocenters. The lowest BCUT2D eigenvalue weighted by Crippen LogP contribution is -2.24. The van der Waals surface area contributed by atoms with Gasteiger partial charge in [-0.25, -0.2) is 0 Å². The van der Waals surface area contributed by atoms with Crippen LogP contribution in [0.2, 0.25) is 0 Å². The van der Waals surface area contributed by atoms with E-state index in [4.69, 9.17) is 5.73 Å². The van der Waals surface area contributed by atoms with E-state index in [1.54, 1.807) is 6.33 Å². The van der Waals surface area contributed by atoms with E-state index >= 15 is 0 Å². The first kappa shape index (κ1) is 9.19. The van der Waals surface area contributed by atoms with Crippen LogP contribution >= 0.6 is 0 Å². The Kier molecular flexibility index (Phi) is 2.47. The Labute approximate surface area is 72.8 Å². The standard InChI is InChI=1S/C8H16N4/c1-8(2,3)12-6-10-11-7(12)4-5-9/h6H,4-5,9H2,1-3H3. The molecule has 0 bridgehead atoms. The fraction of sp³-hybridized carbons (Fsp3) is 0.750. The molecular weight excluding hydrogens is 152 g/mol. The Morgan fingerprint density at radius 2 is 2.17 bits per heavy atom. The summed E-state index contributed by atoms with van der Waals surface area (Å²) in [5.74, 6) is 0.963. The van der Waals surface area contributed by atoms with E-state index in [0.717, 1.165) is 12.2 Å². The summed E-state index contributed by atoms with van der Waals surface area (Å²) < 4.78 is 2.06. The number of nitrogens with zero attached hydrogens (tertiary/aromatic N) is 3. The Balaban J connectivity index is 2.91. The quantitative estimate of drug-likeness (QED) is 0.701. The fourth-order valence-electron chi connectivity index (χ4n) is 1.12. The molecule has 0 amide bonds. The average molecular weight is 168 g/mol. The molecule has 1 aromatic heterocycles. The second-order valence-corrected chi connectivity index (χ2v) is 3.83. The van der Waals surface area contributed by atoms with Crippen LogP contribution in [0.5, 0.6) is 0 Å². The summed E-state index contributed by atoms with van der Waals surface area (Å²) in [7, 11) is 0. The molecule has 4 heteroatoms. The third-order valence-electron chi connectivity index (χ3n) is 1.71. The molecule has 0 fully saturated rings. The minimum atomic E-state index is 0.0496. The van der Waals surface area contributed by atoms with Crippen LogP contribution in [0.1, 0.15) is 26.6 Å². The molecule has 0 spiro atoms. The first-order valence-electron chi connectivity index (χ1n) is 4.15. The number of nitrogens with two attached hydrogens (primary N) is 1. The number of hydrogen-bond donors (Lipinski definition) is 1. The molecule has 0 aliphatic heterocycles. The van der Waals surface area contributed by atoms with Crippen molar-refractivity contribution in [2.75, 3.05) is 6.54 Å². The van der Waals surface area contributed by atoms with Gasteiger partial charge in [0.05, 0.1) is 0 Å². The lowest BCUT2D eigenvalue weighted by Gasteiger charge is -2.21. The van der Waals surface area contributed by atoms with Crippen molar-refractivity contribution in [2.24, 2.45) is 5.73 Å². The highest BCUT2D eigenvalue weighted by Crippen LogP contribution is 2.14. The smallest absolute Gasteiger partial charge is 0.134 e. The summed E-state index contributed by atoms with van der Waals surface area (Å²) in [6, 6.07) is 0. The first-order valence-corrected chi connectivity index (χ1v) is 4.15. The van der Waals surface area contributed by atoms with Gasteiger partial charge in [0.2, 0.25) is 0 Å². The first-order chi connectivity index (χ1) is 5.55. The lowest BCUT2D eigenvalue weighted by atomic mass is 10.1. The molecule has 0 aromatic carbocycles. The molecule has 0 aliphatic rings. The average Bonchev–Trinajstić information content (AvgIpc) is 2.34. The molecule has 0 aliphatic carbocycles. The second kappa shape index (κ2) is 3.23. The van der Waals surface area contributed by atoms with E-state index in [2.05, 4.69) is 35.5 Å². The van der Waals surface area contributed by atoms with E-state index in [1.807, 2.05) is 0 Å². The summed E-state index contributed by atoms with van der Waals surface area (Å²) >= 11 is 0. The summed E-state index contributed by atoms with van der Waals surface area (Å²) in [6.07, 6.45) is 2.54. The molecule has 0 saturated carbocycles. The van der Waals surface area contributed by atoms with Crippen molar-refractivity contribution in [1.82, 2.24) is 14.8 Å². The van der Waals surface area contributed by atoms with Crippen LogP contribution in [-0.2, 0) is 12.0 Å². The van der Waals surface area contributed by atoms with E-state index in [9.17, 15) is 0 Å². The predicted octanol–water partition coefficient (Wildman–Crippen LogP) is 0.534. The van der Waals surface area contributed by atoms with Gasteiger partial charge < -0.3 is 10.3 Å². The van der Waals surface area contributed by atoms with E-state index < -0.39 is 0 Å². The predicted molar refractivity (Wildman–Crippen MR) is 47.8 cm³/mol. The number of hydrogen-bond acceptors (Lipinski definition) is 3. The van der Waals surface area contributed by atoms with Gasteiger partial charge in [0.25, 0.3) is 0 Å². The second-order valence-electron chi connectivity index (χ2n) is 3.83. The Hall–Kier alpha value is -0.900. The molecule has 4 nitrogen and oxygen atoms in total. The van der Waals surface area contributed by atoms with Crippen LogP contribution in [0.15, 0.2) is 6.33 Å². The molecule has 0 atom stereocenters. The largest absolute Gasteiger partial charge is 0.330 e. The van der Waals surface area contributed by atoms with Crippen molar-refractivity contribution in [3.63, 3.8) is 0 Å². The molecule has 2 N–H and O–H groups in total. The van der Waals surface area contributed by atoms with Crippen molar-refractivity contribution in [1.29, 1.82) is 0 Å². The Morgan fingerprint density at radius 3 is 2.67 bits per heavy atom. The maximum absolute atomic E-state index is 5.45. The van der Waals surface area contributed by atoms with Crippen LogP contribution in [0.3, 0.4) is 0 Å². The van der Waals surface area contributed by atoms with Crippen molar-refractivity contribution in [2.45, 2.75) is 32.7 Å². The summed E-state index contributed by atoms with van der Waals surface area (Å²) in [6.45, 7) is 6.98. The molecule has 1 aromatic rings. The molecule has 68 valence electrons.